The van der Waals surface area contributed by atoms with E-state index < -0.39 is 0 Å². The van der Waals surface area contributed by atoms with Crippen molar-refractivity contribution >= 4 is 38.8 Å². The van der Waals surface area contributed by atoms with Gasteiger partial charge in [-0.15, -0.1) is 0 Å². The van der Waals surface area contributed by atoms with Crippen LogP contribution in [0.25, 0.3) is 10.8 Å². The van der Waals surface area contributed by atoms with Crippen molar-refractivity contribution in [2.24, 2.45) is 5.10 Å². The summed E-state index contributed by atoms with van der Waals surface area (Å²) in [5.41, 5.74) is 3.05. The molecule has 27 heavy (non-hydrogen) atoms. The fourth-order valence-electron chi connectivity index (χ4n) is 2.50. The summed E-state index contributed by atoms with van der Waals surface area (Å²) in [6, 6.07) is 16.7. The summed E-state index contributed by atoms with van der Waals surface area (Å²) in [6.07, 6.45) is 1.45. The molecule has 7 heteroatoms. The second-order valence-electron chi connectivity index (χ2n) is 5.61. The summed E-state index contributed by atoms with van der Waals surface area (Å²) < 4.78 is 11.1. The van der Waals surface area contributed by atoms with Crippen LogP contribution in [-0.2, 0) is 4.79 Å². The van der Waals surface area contributed by atoms with Gasteiger partial charge in [-0.05, 0) is 45.1 Å². The minimum absolute atomic E-state index is 0.00201. The number of benzene rings is 3. The molecule has 0 bridgehead atoms. The smallest absolute Gasteiger partial charge is 0.277 e. The molecule has 0 atom stereocenters. The Labute approximate surface area is 164 Å². The van der Waals surface area contributed by atoms with Gasteiger partial charge in [-0.25, -0.2) is 5.43 Å². The lowest BCUT2D eigenvalue weighted by atomic mass is 10.1. The van der Waals surface area contributed by atoms with Crippen LogP contribution in [0.5, 0.6) is 17.2 Å². The van der Waals surface area contributed by atoms with Crippen LogP contribution in [0.3, 0.4) is 0 Å². The van der Waals surface area contributed by atoms with Crippen LogP contribution in [0.4, 0.5) is 0 Å². The largest absolute Gasteiger partial charge is 0.503 e. The summed E-state index contributed by atoms with van der Waals surface area (Å²) in [5.74, 6) is 0.557. The predicted octanol–water partition coefficient (Wildman–Crippen LogP) is 3.85. The quantitative estimate of drug-likeness (QED) is 0.461. The number of hydrogen-bond acceptors (Lipinski definition) is 5. The first kappa shape index (κ1) is 18.7. The van der Waals surface area contributed by atoms with Crippen molar-refractivity contribution in [1.29, 1.82) is 0 Å². The van der Waals surface area contributed by atoms with Gasteiger partial charge in [0.25, 0.3) is 5.91 Å². The highest BCUT2D eigenvalue weighted by Gasteiger charge is 2.08. The Hall–Kier alpha value is -3.06. The number of ether oxygens (including phenoxy) is 2. The van der Waals surface area contributed by atoms with Crippen molar-refractivity contribution in [1.82, 2.24) is 5.43 Å². The summed E-state index contributed by atoms with van der Waals surface area (Å²) in [4.78, 5) is 12.0. The van der Waals surface area contributed by atoms with E-state index in [0.717, 1.165) is 10.8 Å². The second kappa shape index (κ2) is 8.55. The molecule has 6 nitrogen and oxygen atoms in total. The van der Waals surface area contributed by atoms with Gasteiger partial charge in [0.05, 0.1) is 17.8 Å². The van der Waals surface area contributed by atoms with E-state index in [0.29, 0.717) is 21.5 Å². The number of carbonyl (C=O) groups is 1. The molecule has 1 amide bonds. The zero-order chi connectivity index (χ0) is 19.2. The van der Waals surface area contributed by atoms with Gasteiger partial charge in [0.15, 0.2) is 18.1 Å². The molecule has 0 unspecified atom stereocenters. The lowest BCUT2D eigenvalue weighted by Gasteiger charge is -2.08. The van der Waals surface area contributed by atoms with Crippen LogP contribution >= 0.6 is 15.9 Å². The van der Waals surface area contributed by atoms with E-state index in [9.17, 15) is 9.90 Å². The molecule has 3 aromatic rings. The van der Waals surface area contributed by atoms with Gasteiger partial charge in [-0.3, -0.25) is 4.79 Å². The molecule has 0 radical (unpaired) electrons. The molecule has 0 aromatic heterocycles. The summed E-state index contributed by atoms with van der Waals surface area (Å²) in [7, 11) is 1.45. The average molecular weight is 429 g/mol. The lowest BCUT2D eigenvalue weighted by Crippen LogP contribution is -2.24. The van der Waals surface area contributed by atoms with Crippen molar-refractivity contribution in [3.63, 3.8) is 0 Å². The van der Waals surface area contributed by atoms with Crippen molar-refractivity contribution < 1.29 is 19.4 Å². The minimum atomic E-state index is -0.385. The molecule has 0 saturated carbocycles. The number of fused-ring (bicyclic) bond motifs is 1. The number of amides is 1. The Kier molecular flexibility index (Phi) is 5.93. The molecule has 0 aliphatic carbocycles. The first-order valence-corrected chi connectivity index (χ1v) is 8.86. The van der Waals surface area contributed by atoms with Crippen LogP contribution in [-0.4, -0.2) is 30.9 Å². The van der Waals surface area contributed by atoms with Gasteiger partial charge in [0.2, 0.25) is 0 Å². The van der Waals surface area contributed by atoms with E-state index in [1.54, 1.807) is 12.1 Å². The number of nitrogens with one attached hydrogen (secondary N) is 1. The van der Waals surface area contributed by atoms with Crippen molar-refractivity contribution in [2.45, 2.75) is 0 Å². The zero-order valence-electron chi connectivity index (χ0n) is 14.5. The number of rotatable bonds is 6. The highest BCUT2D eigenvalue weighted by Crippen LogP contribution is 2.34. The Bertz CT molecular complexity index is 999. The maximum Gasteiger partial charge on any atom is 0.277 e. The van der Waals surface area contributed by atoms with Gasteiger partial charge in [-0.1, -0.05) is 36.4 Å². The fraction of sp³-hybridized carbons (Fsp3) is 0.100. The molecule has 0 saturated heterocycles. The Morgan fingerprint density at radius 1 is 1.19 bits per heavy atom. The molecule has 138 valence electrons. The first-order chi connectivity index (χ1) is 13.1. The maximum absolute atomic E-state index is 12.0. The van der Waals surface area contributed by atoms with Crippen LogP contribution in [0, 0.1) is 0 Å². The Balaban J connectivity index is 1.60. The van der Waals surface area contributed by atoms with E-state index >= 15 is 0 Å². The number of phenols is 1. The summed E-state index contributed by atoms with van der Waals surface area (Å²) in [5, 5.41) is 15.7. The maximum atomic E-state index is 12.0. The molecule has 2 N–H and O–H groups in total. The molecule has 0 fully saturated rings. The van der Waals surface area contributed by atoms with Gasteiger partial charge >= 0.3 is 0 Å². The van der Waals surface area contributed by atoms with Crippen LogP contribution < -0.4 is 14.9 Å². The predicted molar refractivity (Wildman–Crippen MR) is 108 cm³/mol. The molecule has 3 rings (SSSR count). The highest BCUT2D eigenvalue weighted by molar-refractivity contribution is 9.10. The molecule has 0 aliphatic heterocycles. The molecule has 0 heterocycles. The third-order valence-corrected chi connectivity index (χ3v) is 4.39. The second-order valence-corrected chi connectivity index (χ2v) is 6.47. The standard InChI is InChI=1S/C20H17BrN2O4/c1-26-18-10-13(9-16(21)20(18)25)11-22-23-19(24)12-27-17-8-4-6-14-5-2-3-7-15(14)17/h2-11,25H,12H2,1H3,(H,23,24)/b22-11-. The number of nitrogens with zero attached hydrogens (tertiary/aromatic N) is 1. The van der Waals surface area contributed by atoms with E-state index in [4.69, 9.17) is 9.47 Å². The normalized spacial score (nSPS) is 10.9. The topological polar surface area (TPSA) is 80.2 Å². The number of phenolic OH excluding ortho intramolecular Hbond substituents is 1. The van der Waals surface area contributed by atoms with Gasteiger partial charge in [0.1, 0.15) is 5.75 Å². The zero-order valence-corrected chi connectivity index (χ0v) is 16.1. The fourth-order valence-corrected chi connectivity index (χ4v) is 2.96. The van der Waals surface area contributed by atoms with Crippen LogP contribution in [0.2, 0.25) is 0 Å². The molecule has 3 aromatic carbocycles. The van der Waals surface area contributed by atoms with E-state index in [2.05, 4.69) is 26.5 Å². The van der Waals surface area contributed by atoms with Gasteiger partial charge < -0.3 is 14.6 Å². The third kappa shape index (κ3) is 4.57. The van der Waals surface area contributed by atoms with Gasteiger partial charge in [-0.2, -0.15) is 5.10 Å². The van der Waals surface area contributed by atoms with Crippen molar-refractivity contribution in [3.8, 4) is 17.2 Å². The highest BCUT2D eigenvalue weighted by atomic mass is 79.9. The van der Waals surface area contributed by atoms with Crippen molar-refractivity contribution in [2.75, 3.05) is 13.7 Å². The minimum Gasteiger partial charge on any atom is -0.503 e. The number of aromatic hydroxyl groups is 1. The SMILES string of the molecule is COc1cc(/C=N\NC(=O)COc2cccc3ccccc23)cc(Br)c1O. The van der Waals surface area contributed by atoms with Gasteiger partial charge in [0, 0.05) is 5.39 Å². The van der Waals surface area contributed by atoms with E-state index in [1.807, 2.05) is 42.5 Å². The number of halogens is 1. The summed E-state index contributed by atoms with van der Waals surface area (Å²) >= 11 is 3.23. The Morgan fingerprint density at radius 2 is 1.96 bits per heavy atom. The number of carbonyl (C=O) groups excluding carboxylic acids is 1. The van der Waals surface area contributed by atoms with Crippen molar-refractivity contribution in [3.05, 3.63) is 64.6 Å². The molecule has 0 spiro atoms. The Morgan fingerprint density at radius 3 is 2.78 bits per heavy atom. The van der Waals surface area contributed by atoms with E-state index in [1.165, 1.54) is 13.3 Å². The van der Waals surface area contributed by atoms with Crippen LogP contribution in [0.1, 0.15) is 5.56 Å². The molecule has 0 aliphatic rings. The molecular weight excluding hydrogens is 412 g/mol. The third-order valence-electron chi connectivity index (χ3n) is 3.78. The lowest BCUT2D eigenvalue weighted by molar-refractivity contribution is -0.123. The van der Waals surface area contributed by atoms with E-state index in [-0.39, 0.29) is 18.3 Å². The monoisotopic (exact) mass is 428 g/mol. The number of methoxy groups -OCH3 is 1. The number of hydrazone groups is 1. The average Bonchev–Trinajstić information content (AvgIpc) is 2.68. The van der Waals surface area contributed by atoms with Crippen LogP contribution in [0.15, 0.2) is 64.2 Å². The summed E-state index contributed by atoms with van der Waals surface area (Å²) in [6.45, 7) is -0.159. The first-order valence-electron chi connectivity index (χ1n) is 8.07. The number of hydrogen-bond donors (Lipinski definition) is 2. The molecular formula is C20H17BrN2O4.